The number of ether oxygens (including phenoxy) is 2. The van der Waals surface area contributed by atoms with Crippen LogP contribution >= 0.6 is 0 Å². The molecular formula is C22H34O4. The summed E-state index contributed by atoms with van der Waals surface area (Å²) in [6, 6.07) is 6.49. The van der Waals surface area contributed by atoms with Crippen LogP contribution in [0.15, 0.2) is 24.3 Å². The largest absolute Gasteiger partial charge is 0.462 e. The van der Waals surface area contributed by atoms with E-state index in [-0.39, 0.29) is 24.0 Å². The predicted molar refractivity (Wildman–Crippen MR) is 104 cm³/mol. The van der Waals surface area contributed by atoms with Gasteiger partial charge in [0.1, 0.15) is 6.10 Å². The van der Waals surface area contributed by atoms with E-state index < -0.39 is 0 Å². The first-order valence-corrected chi connectivity index (χ1v) is 9.97. The first-order chi connectivity index (χ1) is 12.5. The Morgan fingerprint density at radius 1 is 0.846 bits per heavy atom. The van der Waals surface area contributed by atoms with E-state index in [9.17, 15) is 9.59 Å². The lowest BCUT2D eigenvalue weighted by molar-refractivity contribution is 0.0173. The fourth-order valence-corrected chi connectivity index (χ4v) is 2.77. The van der Waals surface area contributed by atoms with Crippen LogP contribution in [-0.2, 0) is 9.47 Å². The Bertz CT molecular complexity index is 534. The number of benzene rings is 1. The lowest BCUT2D eigenvalue weighted by atomic mass is 10.1. The molecule has 1 atom stereocenters. The first kappa shape index (κ1) is 22.2. The van der Waals surface area contributed by atoms with Gasteiger partial charge < -0.3 is 9.47 Å². The summed E-state index contributed by atoms with van der Waals surface area (Å²) >= 11 is 0. The number of hydrogen-bond acceptors (Lipinski definition) is 4. The molecule has 1 unspecified atom stereocenters. The summed E-state index contributed by atoms with van der Waals surface area (Å²) in [5, 5.41) is 0. The van der Waals surface area contributed by atoms with Crippen molar-refractivity contribution in [2.24, 2.45) is 5.92 Å². The molecule has 1 rings (SSSR count). The van der Waals surface area contributed by atoms with Crippen LogP contribution in [0.25, 0.3) is 0 Å². The zero-order chi connectivity index (χ0) is 19.4. The van der Waals surface area contributed by atoms with Crippen LogP contribution in [0.5, 0.6) is 0 Å². The minimum absolute atomic E-state index is 0.0931. The third-order valence-electron chi connectivity index (χ3n) is 4.49. The van der Waals surface area contributed by atoms with Crippen LogP contribution in [0.3, 0.4) is 0 Å². The molecule has 4 heteroatoms. The summed E-state index contributed by atoms with van der Waals surface area (Å²) in [4.78, 5) is 24.2. The molecule has 0 aliphatic rings. The molecule has 0 aliphatic carbocycles. The summed E-state index contributed by atoms with van der Waals surface area (Å²) in [5.41, 5.74) is 0.917. The second-order valence-corrected chi connectivity index (χ2v) is 7.08. The molecule has 0 saturated carbocycles. The molecule has 0 heterocycles. The molecule has 1 aromatic rings. The van der Waals surface area contributed by atoms with E-state index in [2.05, 4.69) is 6.92 Å². The summed E-state index contributed by atoms with van der Waals surface area (Å²) in [6.07, 6.45) is 7.62. The Balaban J connectivity index is 2.41. The third kappa shape index (κ3) is 8.03. The summed E-state index contributed by atoms with van der Waals surface area (Å²) in [5.74, 6) is -0.412. The number of carbonyl (C=O) groups excluding carboxylic acids is 2. The van der Waals surface area contributed by atoms with Crippen LogP contribution in [0.2, 0.25) is 0 Å². The van der Waals surface area contributed by atoms with Crippen molar-refractivity contribution in [3.05, 3.63) is 35.4 Å². The summed E-state index contributed by atoms with van der Waals surface area (Å²) in [6.45, 7) is 8.70. The van der Waals surface area contributed by atoms with Crippen LogP contribution in [0.4, 0.5) is 0 Å². The quantitative estimate of drug-likeness (QED) is 0.348. The number of hydrogen-bond donors (Lipinski definition) is 0. The molecular weight excluding hydrogens is 328 g/mol. The van der Waals surface area contributed by atoms with Crippen molar-refractivity contribution in [1.29, 1.82) is 0 Å². The number of unbranched alkanes of at least 4 members (excludes halogenated alkanes) is 5. The average molecular weight is 363 g/mol. The molecule has 0 saturated heterocycles. The van der Waals surface area contributed by atoms with Crippen molar-refractivity contribution in [2.45, 2.75) is 78.7 Å². The van der Waals surface area contributed by atoms with Gasteiger partial charge in [0.15, 0.2) is 0 Å². The van der Waals surface area contributed by atoms with Gasteiger partial charge in [0.05, 0.1) is 17.7 Å². The van der Waals surface area contributed by atoms with E-state index in [1.807, 2.05) is 20.8 Å². The molecule has 0 spiro atoms. The number of carbonyl (C=O) groups is 2. The minimum atomic E-state index is -0.349. The number of esters is 2. The van der Waals surface area contributed by atoms with Gasteiger partial charge in [-0.15, -0.1) is 0 Å². The maximum atomic E-state index is 12.2. The molecule has 0 aromatic heterocycles. The maximum Gasteiger partial charge on any atom is 0.338 e. The van der Waals surface area contributed by atoms with Crippen molar-refractivity contribution < 1.29 is 19.1 Å². The monoisotopic (exact) mass is 362 g/mol. The smallest absolute Gasteiger partial charge is 0.338 e. The van der Waals surface area contributed by atoms with E-state index in [0.29, 0.717) is 17.7 Å². The van der Waals surface area contributed by atoms with Gasteiger partial charge >= 0.3 is 11.9 Å². The Hall–Kier alpha value is -1.84. The van der Waals surface area contributed by atoms with E-state index in [1.165, 1.54) is 25.7 Å². The Kier molecular flexibility index (Phi) is 10.7. The highest BCUT2D eigenvalue weighted by Crippen LogP contribution is 2.15. The van der Waals surface area contributed by atoms with Gasteiger partial charge in [0.25, 0.3) is 0 Å². The molecule has 0 amide bonds. The van der Waals surface area contributed by atoms with Crippen LogP contribution in [-0.4, -0.2) is 24.6 Å². The molecule has 26 heavy (non-hydrogen) atoms. The summed E-state index contributed by atoms with van der Waals surface area (Å²) in [7, 11) is 0. The van der Waals surface area contributed by atoms with E-state index in [4.69, 9.17) is 9.47 Å². The second-order valence-electron chi connectivity index (χ2n) is 7.08. The Morgan fingerprint density at radius 2 is 1.38 bits per heavy atom. The average Bonchev–Trinajstić information content (AvgIpc) is 2.64. The highest BCUT2D eigenvalue weighted by Gasteiger charge is 2.18. The van der Waals surface area contributed by atoms with Crippen LogP contribution < -0.4 is 0 Å². The van der Waals surface area contributed by atoms with Crippen molar-refractivity contribution in [1.82, 2.24) is 0 Å². The topological polar surface area (TPSA) is 52.6 Å². The Labute approximate surface area is 158 Å². The molecule has 0 fully saturated rings. The van der Waals surface area contributed by atoms with Crippen LogP contribution in [0, 0.1) is 5.92 Å². The second kappa shape index (κ2) is 12.5. The lowest BCUT2D eigenvalue weighted by Crippen LogP contribution is -2.22. The predicted octanol–water partition coefficient (Wildman–Crippen LogP) is 5.80. The van der Waals surface area contributed by atoms with E-state index >= 15 is 0 Å². The first-order valence-electron chi connectivity index (χ1n) is 9.97. The minimum Gasteiger partial charge on any atom is -0.462 e. The van der Waals surface area contributed by atoms with Crippen molar-refractivity contribution >= 4 is 11.9 Å². The highest BCUT2D eigenvalue weighted by atomic mass is 16.5. The molecule has 146 valence electrons. The lowest BCUT2D eigenvalue weighted by Gasteiger charge is -2.19. The van der Waals surface area contributed by atoms with Crippen LogP contribution in [0.1, 0.15) is 93.4 Å². The molecule has 0 bridgehead atoms. The molecule has 0 radical (unpaired) electrons. The fourth-order valence-electron chi connectivity index (χ4n) is 2.77. The van der Waals surface area contributed by atoms with E-state index in [1.54, 1.807) is 24.3 Å². The summed E-state index contributed by atoms with van der Waals surface area (Å²) < 4.78 is 10.8. The molecule has 0 N–H and O–H groups in total. The van der Waals surface area contributed by atoms with Crippen molar-refractivity contribution in [2.75, 3.05) is 6.61 Å². The van der Waals surface area contributed by atoms with Crippen molar-refractivity contribution in [3.8, 4) is 0 Å². The normalized spacial score (nSPS) is 12.0. The Morgan fingerprint density at radius 3 is 1.92 bits per heavy atom. The molecule has 1 aromatic carbocycles. The SMILES string of the molecule is CCCCCCCCOC(=O)c1ccc(C(=O)OC(CC)C(C)C)cc1. The standard InChI is InChI=1S/C22H34O4/c1-5-7-8-9-10-11-16-25-21(23)18-12-14-19(15-13-18)22(24)26-20(6-2)17(3)4/h12-15,17,20H,5-11,16H2,1-4H3. The van der Waals surface area contributed by atoms with Gasteiger partial charge in [-0.2, -0.15) is 0 Å². The van der Waals surface area contributed by atoms with Gasteiger partial charge in [-0.25, -0.2) is 9.59 Å². The third-order valence-corrected chi connectivity index (χ3v) is 4.49. The maximum absolute atomic E-state index is 12.2. The molecule has 4 nitrogen and oxygen atoms in total. The van der Waals surface area contributed by atoms with Gasteiger partial charge in [-0.1, -0.05) is 59.8 Å². The zero-order valence-corrected chi connectivity index (χ0v) is 16.8. The highest BCUT2D eigenvalue weighted by molar-refractivity contribution is 5.93. The van der Waals surface area contributed by atoms with Gasteiger partial charge in [0, 0.05) is 0 Å². The van der Waals surface area contributed by atoms with Gasteiger partial charge in [-0.3, -0.25) is 0 Å². The zero-order valence-electron chi connectivity index (χ0n) is 16.8. The molecule has 0 aliphatic heterocycles. The fraction of sp³-hybridized carbons (Fsp3) is 0.636. The van der Waals surface area contributed by atoms with Crippen molar-refractivity contribution in [3.63, 3.8) is 0 Å². The number of rotatable bonds is 12. The van der Waals surface area contributed by atoms with E-state index in [0.717, 1.165) is 19.3 Å². The van der Waals surface area contributed by atoms with Gasteiger partial charge in [-0.05, 0) is 43.0 Å². The van der Waals surface area contributed by atoms with Gasteiger partial charge in [0.2, 0.25) is 0 Å².